The van der Waals surface area contributed by atoms with E-state index < -0.39 is 0 Å². The van der Waals surface area contributed by atoms with Crippen LogP contribution < -0.4 is 11.5 Å². The predicted octanol–water partition coefficient (Wildman–Crippen LogP) is 1.83. The first-order valence-corrected chi connectivity index (χ1v) is 7.55. The Hall–Kier alpha value is -1.27. The first-order chi connectivity index (χ1) is 9.25. The maximum atomic E-state index is 5.93. The number of hydrogen-bond donors (Lipinski definition) is 2. The minimum atomic E-state index is 0. The van der Waals surface area contributed by atoms with Crippen LogP contribution in [0.5, 0.6) is 0 Å². The molecule has 4 N–H and O–H groups in total. The lowest BCUT2D eigenvalue weighted by Crippen LogP contribution is -2.41. The van der Waals surface area contributed by atoms with E-state index in [1.165, 1.54) is 24.1 Å². The van der Waals surface area contributed by atoms with Crippen LogP contribution in [0.3, 0.4) is 0 Å². The van der Waals surface area contributed by atoms with E-state index in [0.717, 1.165) is 19.5 Å². The molecule has 1 aliphatic heterocycles. The van der Waals surface area contributed by atoms with Gasteiger partial charge in [0.1, 0.15) is 0 Å². The summed E-state index contributed by atoms with van der Waals surface area (Å²) in [7, 11) is 0. The quantitative estimate of drug-likeness (QED) is 0.659. The molecule has 20 heavy (non-hydrogen) atoms. The maximum Gasteiger partial charge on any atom is 0.218 e. The van der Waals surface area contributed by atoms with Crippen molar-refractivity contribution in [2.45, 2.75) is 25.7 Å². The molecular weight excluding hydrogens is 294 g/mol. The summed E-state index contributed by atoms with van der Waals surface area (Å²) < 4.78 is 0. The van der Waals surface area contributed by atoms with Gasteiger partial charge in [-0.1, -0.05) is 6.07 Å². The van der Waals surface area contributed by atoms with Gasteiger partial charge in [-0.05, 0) is 30.7 Å². The van der Waals surface area contributed by atoms with Crippen LogP contribution in [-0.4, -0.2) is 36.5 Å². The second-order valence-electron chi connectivity index (χ2n) is 4.59. The van der Waals surface area contributed by atoms with Gasteiger partial charge in [0.05, 0.1) is 0 Å². The van der Waals surface area contributed by atoms with Crippen LogP contribution in [0, 0.1) is 0 Å². The summed E-state index contributed by atoms with van der Waals surface area (Å²) in [6, 6.07) is 4.14. The van der Waals surface area contributed by atoms with Gasteiger partial charge in [0.2, 0.25) is 5.96 Å². The topological polar surface area (TPSA) is 80.0 Å². The van der Waals surface area contributed by atoms with E-state index in [-0.39, 0.29) is 18.4 Å². The molecule has 1 aromatic rings. The number of thiophene rings is 1. The second kappa shape index (κ2) is 8.81. The molecule has 112 valence electrons. The summed E-state index contributed by atoms with van der Waals surface area (Å²) in [5.74, 6) is 0.775. The van der Waals surface area contributed by atoms with Crippen molar-refractivity contribution >= 4 is 35.7 Å². The van der Waals surface area contributed by atoms with E-state index in [2.05, 4.69) is 26.3 Å². The Balaban J connectivity index is 0.00000200. The molecule has 1 aliphatic rings. The molecule has 0 amide bonds. The number of hydrogen-bond acceptors (Lipinski definition) is 2. The molecule has 0 spiro atoms. The Bertz CT molecular complexity index is 438. The number of guanidine groups is 2. The fourth-order valence-corrected chi connectivity index (χ4v) is 2.78. The van der Waals surface area contributed by atoms with E-state index in [0.29, 0.717) is 12.5 Å². The Morgan fingerprint density at radius 1 is 1.25 bits per heavy atom. The fourth-order valence-electron chi connectivity index (χ4n) is 2.08. The third-order valence-corrected chi connectivity index (χ3v) is 4.06. The average Bonchev–Trinajstić information content (AvgIpc) is 2.93. The van der Waals surface area contributed by atoms with E-state index in [1.54, 1.807) is 11.3 Å². The lowest BCUT2D eigenvalue weighted by atomic mass is 10.1. The normalized spacial score (nSPS) is 16.9. The van der Waals surface area contributed by atoms with Gasteiger partial charge in [0.15, 0.2) is 5.96 Å². The van der Waals surface area contributed by atoms with Crippen LogP contribution in [0.15, 0.2) is 27.5 Å². The highest BCUT2D eigenvalue weighted by molar-refractivity contribution is 7.09. The van der Waals surface area contributed by atoms with Crippen molar-refractivity contribution in [3.63, 3.8) is 0 Å². The zero-order valence-electron chi connectivity index (χ0n) is 11.5. The molecule has 0 saturated carbocycles. The number of nitrogens with two attached hydrogens (primary N) is 2. The third-order valence-electron chi connectivity index (χ3n) is 3.12. The lowest BCUT2D eigenvalue weighted by Gasteiger charge is -2.27. The Morgan fingerprint density at radius 3 is 2.65 bits per heavy atom. The zero-order valence-corrected chi connectivity index (χ0v) is 13.1. The second-order valence-corrected chi connectivity index (χ2v) is 5.62. The highest BCUT2D eigenvalue weighted by Crippen LogP contribution is 2.09. The van der Waals surface area contributed by atoms with Gasteiger partial charge in [-0.3, -0.25) is 4.99 Å². The Labute approximate surface area is 130 Å². The van der Waals surface area contributed by atoms with Crippen molar-refractivity contribution in [1.82, 2.24) is 4.90 Å². The predicted molar refractivity (Wildman–Crippen MR) is 88.8 cm³/mol. The van der Waals surface area contributed by atoms with E-state index in [1.807, 2.05) is 6.07 Å². The highest BCUT2D eigenvalue weighted by atomic mass is 35.5. The molecule has 0 atom stereocenters. The first-order valence-electron chi connectivity index (χ1n) is 6.67. The molecule has 1 saturated heterocycles. The molecule has 0 aliphatic carbocycles. The molecule has 1 aromatic heterocycles. The van der Waals surface area contributed by atoms with Gasteiger partial charge >= 0.3 is 0 Å². The van der Waals surface area contributed by atoms with Crippen molar-refractivity contribution in [1.29, 1.82) is 0 Å². The summed E-state index contributed by atoms with van der Waals surface area (Å²) in [4.78, 5) is 11.8. The van der Waals surface area contributed by atoms with E-state index in [4.69, 9.17) is 11.5 Å². The molecule has 0 unspecified atom stereocenters. The number of halogens is 1. The number of nitrogens with zero attached hydrogens (tertiary/aromatic N) is 3. The Morgan fingerprint density at radius 2 is 2.00 bits per heavy atom. The summed E-state index contributed by atoms with van der Waals surface area (Å²) in [6.07, 6.45) is 4.52. The fraction of sp³-hybridized carbons (Fsp3) is 0.538. The number of likely N-dealkylation sites (tertiary alicyclic amines) is 1. The van der Waals surface area contributed by atoms with Gasteiger partial charge in [0, 0.05) is 30.9 Å². The molecule has 2 rings (SSSR count). The zero-order chi connectivity index (χ0) is 13.5. The molecule has 5 nitrogen and oxygen atoms in total. The summed E-state index contributed by atoms with van der Waals surface area (Å²) in [5.41, 5.74) is 11.7. The van der Waals surface area contributed by atoms with Gasteiger partial charge < -0.3 is 16.4 Å². The van der Waals surface area contributed by atoms with Crippen molar-refractivity contribution in [3.8, 4) is 0 Å². The number of aliphatic imine (C=N–C) groups is 2. The summed E-state index contributed by atoms with van der Waals surface area (Å²) >= 11 is 1.73. The van der Waals surface area contributed by atoms with Crippen molar-refractivity contribution in [2.24, 2.45) is 21.5 Å². The Kier molecular flexibility index (Phi) is 7.40. The molecule has 7 heteroatoms. The molecule has 0 radical (unpaired) electrons. The first kappa shape index (κ1) is 16.8. The summed E-state index contributed by atoms with van der Waals surface area (Å²) in [6.45, 7) is 2.60. The molecule has 0 aromatic carbocycles. The molecule has 0 bridgehead atoms. The van der Waals surface area contributed by atoms with E-state index >= 15 is 0 Å². The number of rotatable bonds is 3. The standard InChI is InChI=1S/C13H21N5S.ClH/c14-12(16-7-6-11-5-4-10-19-11)17-13(15)18-8-2-1-3-9-18;/h4-5,10H,1-3,6-9H2,(H4,14,15,16,17);1H. The highest BCUT2D eigenvalue weighted by Gasteiger charge is 2.11. The van der Waals surface area contributed by atoms with Gasteiger partial charge in [-0.25, -0.2) is 0 Å². The molecule has 1 fully saturated rings. The lowest BCUT2D eigenvalue weighted by molar-refractivity contribution is 0.339. The van der Waals surface area contributed by atoms with Crippen LogP contribution >= 0.6 is 23.7 Å². The molecule has 2 heterocycles. The SMILES string of the molecule is Cl.NC(=NCCc1cccs1)N=C(N)N1CCCCC1. The van der Waals surface area contributed by atoms with Crippen molar-refractivity contribution < 1.29 is 0 Å². The van der Waals surface area contributed by atoms with E-state index in [9.17, 15) is 0 Å². The van der Waals surface area contributed by atoms with Crippen LogP contribution in [0.4, 0.5) is 0 Å². The van der Waals surface area contributed by atoms with Gasteiger partial charge in [-0.15, -0.1) is 23.7 Å². The smallest absolute Gasteiger partial charge is 0.218 e. The maximum absolute atomic E-state index is 5.93. The van der Waals surface area contributed by atoms with Crippen LogP contribution in [-0.2, 0) is 6.42 Å². The third kappa shape index (κ3) is 5.38. The number of piperidine rings is 1. The van der Waals surface area contributed by atoms with Crippen LogP contribution in [0.25, 0.3) is 0 Å². The minimum Gasteiger partial charge on any atom is -0.369 e. The van der Waals surface area contributed by atoms with Crippen molar-refractivity contribution in [3.05, 3.63) is 22.4 Å². The molecular formula is C13H22ClN5S. The van der Waals surface area contributed by atoms with Crippen LogP contribution in [0.2, 0.25) is 0 Å². The van der Waals surface area contributed by atoms with Crippen molar-refractivity contribution in [2.75, 3.05) is 19.6 Å². The monoisotopic (exact) mass is 315 g/mol. The largest absolute Gasteiger partial charge is 0.369 e. The minimum absolute atomic E-state index is 0. The van der Waals surface area contributed by atoms with Crippen LogP contribution in [0.1, 0.15) is 24.1 Å². The summed E-state index contributed by atoms with van der Waals surface area (Å²) in [5, 5.41) is 2.06. The van der Waals surface area contributed by atoms with Gasteiger partial charge in [-0.2, -0.15) is 4.99 Å². The average molecular weight is 316 g/mol. The van der Waals surface area contributed by atoms with Gasteiger partial charge in [0.25, 0.3) is 0 Å².